The van der Waals surface area contributed by atoms with Crippen LogP contribution in [0.4, 0.5) is 0 Å². The molecule has 0 aliphatic carbocycles. The Hall–Kier alpha value is -0.700. The zero-order chi connectivity index (χ0) is 10.3. The number of hydrazine groups is 1. The van der Waals surface area contributed by atoms with E-state index in [1.807, 2.05) is 13.8 Å². The lowest BCUT2D eigenvalue weighted by atomic mass is 10.6. The third-order valence-corrected chi connectivity index (χ3v) is 1.56. The summed E-state index contributed by atoms with van der Waals surface area (Å²) >= 11 is -1.66. The van der Waals surface area contributed by atoms with Crippen molar-refractivity contribution < 1.29 is 8.49 Å². The minimum Gasteiger partial charge on any atom is -0.329 e. The quantitative estimate of drug-likeness (QED) is 0.382. The van der Waals surface area contributed by atoms with Crippen LogP contribution in [0.2, 0.25) is 0 Å². The highest BCUT2D eigenvalue weighted by molar-refractivity contribution is 7.79. The molecule has 13 heavy (non-hydrogen) atoms. The highest BCUT2D eigenvalue weighted by Gasteiger charge is 2.16. The summed E-state index contributed by atoms with van der Waals surface area (Å²) in [4.78, 5) is 0. The highest BCUT2D eigenvalue weighted by atomic mass is 32.2. The van der Waals surface area contributed by atoms with E-state index in [4.69, 9.17) is 11.6 Å². The Morgan fingerprint density at radius 1 is 1.69 bits per heavy atom. The van der Waals surface area contributed by atoms with Gasteiger partial charge in [-0.25, -0.2) is 15.5 Å². The molecule has 78 valence electrons. The zero-order valence-electron chi connectivity index (χ0n) is 7.69. The van der Waals surface area contributed by atoms with E-state index in [1.165, 1.54) is 5.01 Å². The molecular formula is C5H15N5O2S. The van der Waals surface area contributed by atoms with E-state index in [2.05, 4.69) is 14.2 Å². The van der Waals surface area contributed by atoms with Crippen LogP contribution in [0.5, 0.6) is 0 Å². The van der Waals surface area contributed by atoms with Gasteiger partial charge in [-0.2, -0.15) is 4.28 Å². The maximum atomic E-state index is 10.5. The first-order chi connectivity index (χ1) is 6.24. The van der Waals surface area contributed by atoms with E-state index < -0.39 is 11.3 Å². The maximum absolute atomic E-state index is 10.5. The van der Waals surface area contributed by atoms with Crippen LogP contribution in [0, 0.1) is 0 Å². The number of hydrogen-bond acceptors (Lipinski definition) is 6. The predicted molar refractivity (Wildman–Crippen MR) is 51.1 cm³/mol. The molecule has 8 heteroatoms. The third kappa shape index (κ3) is 4.18. The Bertz CT molecular complexity index is 197. The van der Waals surface area contributed by atoms with Crippen molar-refractivity contribution in [1.29, 1.82) is 0 Å². The standard InChI is InChI=1S/C3H9N5O2S.C2H6/c4-1-2-8(5)3-6-10-11(9)7-3;1-2/h1-2,4-5H2,(H,6,7);1-2H3. The van der Waals surface area contributed by atoms with Crippen LogP contribution in [0.3, 0.4) is 0 Å². The molecule has 0 bridgehead atoms. The second-order valence-electron chi connectivity index (χ2n) is 1.80. The topological polar surface area (TPSA) is 106 Å². The van der Waals surface area contributed by atoms with Crippen LogP contribution in [0.1, 0.15) is 13.8 Å². The molecular weight excluding hydrogens is 194 g/mol. The van der Waals surface area contributed by atoms with E-state index in [-0.39, 0.29) is 5.96 Å². The van der Waals surface area contributed by atoms with Crippen molar-refractivity contribution in [2.75, 3.05) is 13.1 Å². The van der Waals surface area contributed by atoms with Crippen molar-refractivity contribution in [3.05, 3.63) is 0 Å². The van der Waals surface area contributed by atoms with Gasteiger partial charge in [-0.3, -0.25) is 5.01 Å². The van der Waals surface area contributed by atoms with Crippen molar-refractivity contribution in [2.45, 2.75) is 13.8 Å². The van der Waals surface area contributed by atoms with Gasteiger partial charge in [0.2, 0.25) is 5.96 Å². The number of nitrogens with one attached hydrogen (secondary N) is 1. The molecule has 1 heterocycles. The van der Waals surface area contributed by atoms with Gasteiger partial charge in [0.25, 0.3) is 0 Å². The van der Waals surface area contributed by atoms with Gasteiger partial charge in [-0.1, -0.05) is 13.8 Å². The molecule has 1 rings (SSSR count). The van der Waals surface area contributed by atoms with E-state index in [9.17, 15) is 4.21 Å². The predicted octanol–water partition coefficient (Wildman–Crippen LogP) is -1.38. The summed E-state index contributed by atoms with van der Waals surface area (Å²) in [7, 11) is 0. The van der Waals surface area contributed by atoms with Crippen LogP contribution < -0.4 is 17.1 Å². The minimum absolute atomic E-state index is 0.230. The average Bonchev–Trinajstić information content (AvgIpc) is 2.56. The minimum atomic E-state index is -1.66. The van der Waals surface area contributed by atoms with Crippen molar-refractivity contribution >= 4 is 17.2 Å². The van der Waals surface area contributed by atoms with Crippen molar-refractivity contribution in [3.63, 3.8) is 0 Å². The molecule has 1 aliphatic heterocycles. The number of guanidine groups is 1. The van der Waals surface area contributed by atoms with Gasteiger partial charge in [0.15, 0.2) is 0 Å². The summed E-state index contributed by atoms with van der Waals surface area (Å²) in [6.07, 6.45) is 0. The summed E-state index contributed by atoms with van der Waals surface area (Å²) < 4.78 is 18.4. The smallest absolute Gasteiger partial charge is 0.310 e. The highest BCUT2D eigenvalue weighted by Crippen LogP contribution is 1.95. The van der Waals surface area contributed by atoms with Gasteiger partial charge in [0.05, 0.1) is 0 Å². The Kier molecular flexibility index (Phi) is 6.41. The van der Waals surface area contributed by atoms with Crippen molar-refractivity contribution in [1.82, 2.24) is 10.5 Å². The summed E-state index contributed by atoms with van der Waals surface area (Å²) in [5.41, 5.74) is 7.50. The fraction of sp³-hybridized carbons (Fsp3) is 0.800. The van der Waals surface area contributed by atoms with Gasteiger partial charge in [0, 0.05) is 13.1 Å². The van der Waals surface area contributed by atoms with Crippen molar-refractivity contribution in [3.8, 4) is 0 Å². The van der Waals surface area contributed by atoms with Crippen LogP contribution in [-0.2, 0) is 15.6 Å². The lowest BCUT2D eigenvalue weighted by Crippen LogP contribution is -2.45. The molecule has 0 aromatic heterocycles. The largest absolute Gasteiger partial charge is 0.329 e. The molecule has 0 aromatic rings. The van der Waals surface area contributed by atoms with E-state index >= 15 is 0 Å². The number of rotatable bonds is 2. The molecule has 0 fully saturated rings. The molecule has 1 atom stereocenters. The van der Waals surface area contributed by atoms with Gasteiger partial charge >= 0.3 is 11.3 Å². The second-order valence-corrected chi connectivity index (χ2v) is 2.58. The Labute approximate surface area is 79.8 Å². The Morgan fingerprint density at radius 2 is 2.31 bits per heavy atom. The third-order valence-electron chi connectivity index (χ3n) is 1.01. The maximum Gasteiger partial charge on any atom is 0.310 e. The van der Waals surface area contributed by atoms with Crippen LogP contribution in [0.15, 0.2) is 4.40 Å². The lowest BCUT2D eigenvalue weighted by Gasteiger charge is -2.14. The fourth-order valence-corrected chi connectivity index (χ4v) is 1.00. The molecule has 7 nitrogen and oxygen atoms in total. The zero-order valence-corrected chi connectivity index (χ0v) is 8.50. The van der Waals surface area contributed by atoms with E-state index in [0.717, 1.165) is 0 Å². The molecule has 1 unspecified atom stereocenters. The van der Waals surface area contributed by atoms with Gasteiger partial charge in [-0.15, -0.1) is 4.40 Å². The number of hydroxylamine groups is 1. The summed E-state index contributed by atoms with van der Waals surface area (Å²) in [5.74, 6) is 5.63. The van der Waals surface area contributed by atoms with Crippen LogP contribution in [0.25, 0.3) is 0 Å². The fourth-order valence-electron chi connectivity index (χ4n) is 0.537. The first-order valence-corrected chi connectivity index (χ1v) is 4.93. The van der Waals surface area contributed by atoms with Crippen LogP contribution in [-0.4, -0.2) is 28.3 Å². The SMILES string of the molecule is CC.NCCN(N)C1=NS(=O)ON1. The van der Waals surface area contributed by atoms with E-state index in [0.29, 0.717) is 13.1 Å². The van der Waals surface area contributed by atoms with Gasteiger partial charge in [0.1, 0.15) is 0 Å². The first kappa shape index (κ1) is 12.3. The van der Waals surface area contributed by atoms with Crippen molar-refractivity contribution in [2.24, 2.45) is 16.0 Å². The summed E-state index contributed by atoms with van der Waals surface area (Å²) in [6, 6.07) is 0. The lowest BCUT2D eigenvalue weighted by molar-refractivity contribution is 0.277. The average molecular weight is 209 g/mol. The summed E-state index contributed by atoms with van der Waals surface area (Å²) in [6.45, 7) is 4.82. The molecule has 0 saturated carbocycles. The monoisotopic (exact) mass is 209 g/mol. The van der Waals surface area contributed by atoms with E-state index in [1.54, 1.807) is 0 Å². The molecule has 0 spiro atoms. The van der Waals surface area contributed by atoms with Gasteiger partial charge < -0.3 is 5.73 Å². The Morgan fingerprint density at radius 3 is 2.69 bits per heavy atom. The molecule has 0 radical (unpaired) electrons. The number of hydrogen-bond donors (Lipinski definition) is 3. The number of nitrogens with zero attached hydrogens (tertiary/aromatic N) is 2. The molecule has 5 N–H and O–H groups in total. The first-order valence-electron chi connectivity index (χ1n) is 3.90. The molecule has 0 saturated heterocycles. The van der Waals surface area contributed by atoms with Gasteiger partial charge in [-0.05, 0) is 0 Å². The molecule has 1 aliphatic rings. The van der Waals surface area contributed by atoms with Crippen LogP contribution >= 0.6 is 0 Å². The Balaban J connectivity index is 0.000000671. The normalized spacial score (nSPS) is 19.7. The molecule has 0 amide bonds. The molecule has 0 aromatic carbocycles. The number of nitrogens with two attached hydrogens (primary N) is 2. The second kappa shape index (κ2) is 6.78. The summed E-state index contributed by atoms with van der Waals surface area (Å²) in [5, 5.41) is 1.23.